The number of hydrogen-bond donors (Lipinski definition) is 1. The summed E-state index contributed by atoms with van der Waals surface area (Å²) in [6.45, 7) is 6.37. The molecule has 8 nitrogen and oxygen atoms in total. The highest BCUT2D eigenvalue weighted by molar-refractivity contribution is 7.89. The lowest BCUT2D eigenvalue weighted by Gasteiger charge is -2.33. The number of piperazine rings is 1. The number of nitrogens with zero attached hydrogens (tertiary/aromatic N) is 3. The minimum Gasteiger partial charge on any atom is -0.325 e. The number of carbonyl (C=O) groups is 2. The van der Waals surface area contributed by atoms with Crippen LogP contribution in [0.15, 0.2) is 47.4 Å². The second-order valence-electron chi connectivity index (χ2n) is 8.69. The summed E-state index contributed by atoms with van der Waals surface area (Å²) < 4.78 is 27.6. The van der Waals surface area contributed by atoms with Crippen molar-refractivity contribution < 1.29 is 18.0 Å². The highest BCUT2D eigenvalue weighted by atomic mass is 32.2. The third kappa shape index (κ3) is 5.26. The number of hydrogen-bond acceptors (Lipinski definition) is 5. The Morgan fingerprint density at radius 3 is 2.27 bits per heavy atom. The normalized spacial score (nSPS) is 18.0. The molecule has 2 fully saturated rings. The molecule has 2 aliphatic rings. The summed E-state index contributed by atoms with van der Waals surface area (Å²) in [7, 11) is -3.55. The van der Waals surface area contributed by atoms with E-state index in [9.17, 15) is 18.0 Å². The van der Waals surface area contributed by atoms with E-state index in [-0.39, 0.29) is 18.4 Å². The van der Waals surface area contributed by atoms with Gasteiger partial charge < -0.3 is 10.2 Å². The molecule has 2 aliphatic heterocycles. The van der Waals surface area contributed by atoms with Crippen LogP contribution in [-0.2, 0) is 19.6 Å². The van der Waals surface area contributed by atoms with Gasteiger partial charge in [-0.05, 0) is 56.2 Å². The lowest BCUT2D eigenvalue weighted by Crippen LogP contribution is -2.50. The fourth-order valence-corrected chi connectivity index (χ4v) is 6.03. The molecule has 33 heavy (non-hydrogen) atoms. The first-order valence-corrected chi connectivity index (χ1v) is 12.7. The van der Waals surface area contributed by atoms with E-state index in [0.29, 0.717) is 43.2 Å². The van der Waals surface area contributed by atoms with Gasteiger partial charge in [0.05, 0.1) is 11.4 Å². The first kappa shape index (κ1) is 23.4. The van der Waals surface area contributed by atoms with Crippen LogP contribution in [0.4, 0.5) is 11.4 Å². The number of carbonyl (C=O) groups excluding carboxylic acids is 2. The van der Waals surface area contributed by atoms with Crippen molar-refractivity contribution in [2.24, 2.45) is 0 Å². The Hall–Kier alpha value is -2.75. The first-order valence-electron chi connectivity index (χ1n) is 11.2. The summed E-state index contributed by atoms with van der Waals surface area (Å²) in [5.74, 6) is -0.0174. The summed E-state index contributed by atoms with van der Waals surface area (Å²) in [5, 5.41) is 2.88. The molecule has 4 rings (SSSR count). The van der Waals surface area contributed by atoms with E-state index in [4.69, 9.17) is 0 Å². The molecule has 0 radical (unpaired) electrons. The first-order chi connectivity index (χ1) is 15.7. The van der Waals surface area contributed by atoms with E-state index >= 15 is 0 Å². The van der Waals surface area contributed by atoms with E-state index in [1.54, 1.807) is 23.1 Å². The number of nitrogens with one attached hydrogen (secondary N) is 1. The van der Waals surface area contributed by atoms with Gasteiger partial charge in [-0.2, -0.15) is 4.31 Å². The molecule has 0 aromatic heterocycles. The van der Waals surface area contributed by atoms with Gasteiger partial charge in [0.2, 0.25) is 21.8 Å². The van der Waals surface area contributed by atoms with Crippen molar-refractivity contribution in [2.45, 2.75) is 31.6 Å². The third-order valence-electron chi connectivity index (χ3n) is 6.18. The average Bonchev–Trinajstić information content (AvgIpc) is 3.20. The summed E-state index contributed by atoms with van der Waals surface area (Å²) in [6.07, 6.45) is 1.45. The molecular formula is C24H30N4O4S. The summed E-state index contributed by atoms with van der Waals surface area (Å²) >= 11 is 0. The van der Waals surface area contributed by atoms with Crippen LogP contribution in [0.2, 0.25) is 0 Å². The van der Waals surface area contributed by atoms with Crippen LogP contribution in [0, 0.1) is 13.8 Å². The van der Waals surface area contributed by atoms with Crippen molar-refractivity contribution in [1.82, 2.24) is 9.21 Å². The lowest BCUT2D eigenvalue weighted by molar-refractivity contribution is -0.118. The van der Waals surface area contributed by atoms with Crippen LogP contribution in [0.3, 0.4) is 0 Å². The molecule has 0 spiro atoms. The van der Waals surface area contributed by atoms with Crippen LogP contribution >= 0.6 is 0 Å². The smallest absolute Gasteiger partial charge is 0.243 e. The molecule has 176 valence electrons. The van der Waals surface area contributed by atoms with E-state index in [0.717, 1.165) is 29.8 Å². The van der Waals surface area contributed by atoms with Crippen molar-refractivity contribution in [2.75, 3.05) is 49.5 Å². The van der Waals surface area contributed by atoms with Gasteiger partial charge in [0, 0.05) is 50.5 Å². The zero-order valence-electron chi connectivity index (χ0n) is 19.1. The molecule has 0 unspecified atom stereocenters. The Kier molecular flexibility index (Phi) is 6.83. The summed E-state index contributed by atoms with van der Waals surface area (Å²) in [4.78, 5) is 28.4. The Morgan fingerprint density at radius 1 is 0.970 bits per heavy atom. The topological polar surface area (TPSA) is 90.0 Å². The van der Waals surface area contributed by atoms with E-state index in [1.165, 1.54) is 4.31 Å². The van der Waals surface area contributed by atoms with E-state index in [2.05, 4.69) is 5.32 Å². The quantitative estimate of drug-likeness (QED) is 0.700. The number of amides is 2. The van der Waals surface area contributed by atoms with Gasteiger partial charge in [0.25, 0.3) is 0 Å². The van der Waals surface area contributed by atoms with Crippen LogP contribution < -0.4 is 10.2 Å². The number of aryl methyl sites for hydroxylation is 2. The Labute approximate surface area is 195 Å². The fourth-order valence-electron chi connectivity index (χ4n) is 4.41. The molecule has 0 aliphatic carbocycles. The lowest BCUT2D eigenvalue weighted by atomic mass is 10.2. The monoisotopic (exact) mass is 470 g/mol. The fraction of sp³-hybridized carbons (Fsp3) is 0.417. The van der Waals surface area contributed by atoms with Gasteiger partial charge >= 0.3 is 0 Å². The van der Waals surface area contributed by atoms with Gasteiger partial charge in [-0.3, -0.25) is 14.5 Å². The van der Waals surface area contributed by atoms with Crippen molar-refractivity contribution in [3.8, 4) is 0 Å². The number of rotatable bonds is 6. The van der Waals surface area contributed by atoms with Crippen molar-refractivity contribution in [1.29, 1.82) is 0 Å². The molecule has 2 heterocycles. The average molecular weight is 471 g/mol. The molecule has 2 aromatic carbocycles. The molecule has 9 heteroatoms. The molecule has 0 saturated carbocycles. The van der Waals surface area contributed by atoms with Crippen molar-refractivity contribution >= 4 is 33.2 Å². The molecule has 1 N–H and O–H groups in total. The minimum atomic E-state index is -3.55. The van der Waals surface area contributed by atoms with Crippen LogP contribution in [0.5, 0.6) is 0 Å². The Morgan fingerprint density at radius 2 is 1.67 bits per heavy atom. The van der Waals surface area contributed by atoms with Crippen molar-refractivity contribution in [3.63, 3.8) is 0 Å². The maximum absolute atomic E-state index is 13.0. The van der Waals surface area contributed by atoms with Gasteiger partial charge in [-0.25, -0.2) is 8.42 Å². The van der Waals surface area contributed by atoms with Crippen LogP contribution in [-0.4, -0.2) is 68.7 Å². The largest absolute Gasteiger partial charge is 0.325 e. The zero-order valence-corrected chi connectivity index (χ0v) is 19.9. The van der Waals surface area contributed by atoms with Crippen LogP contribution in [0.1, 0.15) is 24.0 Å². The number of benzene rings is 2. The maximum atomic E-state index is 13.0. The van der Waals surface area contributed by atoms with Gasteiger partial charge in [0.15, 0.2) is 0 Å². The van der Waals surface area contributed by atoms with Crippen LogP contribution in [0.25, 0.3) is 0 Å². The highest BCUT2D eigenvalue weighted by Gasteiger charge is 2.30. The minimum absolute atomic E-state index is 0.130. The molecule has 2 aromatic rings. The predicted molar refractivity (Wildman–Crippen MR) is 128 cm³/mol. The third-order valence-corrected chi connectivity index (χ3v) is 8.24. The number of anilines is 2. The molecule has 2 saturated heterocycles. The molecular weight excluding hydrogens is 440 g/mol. The number of sulfonamides is 1. The maximum Gasteiger partial charge on any atom is 0.243 e. The van der Waals surface area contributed by atoms with E-state index in [1.807, 2.05) is 43.0 Å². The van der Waals surface area contributed by atoms with Gasteiger partial charge in [-0.15, -0.1) is 0 Å². The second-order valence-corrected chi connectivity index (χ2v) is 10.6. The Balaban J connectivity index is 1.29. The second kappa shape index (κ2) is 9.62. The summed E-state index contributed by atoms with van der Waals surface area (Å²) in [5.41, 5.74) is 3.29. The molecule has 0 bridgehead atoms. The predicted octanol–water partition coefficient (Wildman–Crippen LogP) is 2.38. The SMILES string of the molecule is Cc1ccc(S(=O)(=O)N2CCN(CC(=O)Nc3ccc(N4CCCC4=O)cc3)CC2)c(C)c1. The van der Waals surface area contributed by atoms with Gasteiger partial charge in [0.1, 0.15) is 0 Å². The molecule has 0 atom stereocenters. The van der Waals surface area contributed by atoms with Crippen molar-refractivity contribution in [3.05, 3.63) is 53.6 Å². The zero-order chi connectivity index (χ0) is 23.6. The summed E-state index contributed by atoms with van der Waals surface area (Å²) in [6, 6.07) is 12.6. The Bertz CT molecular complexity index is 1140. The van der Waals surface area contributed by atoms with E-state index < -0.39 is 10.0 Å². The van der Waals surface area contributed by atoms with Gasteiger partial charge in [-0.1, -0.05) is 17.7 Å². The highest BCUT2D eigenvalue weighted by Crippen LogP contribution is 2.24. The molecule has 2 amide bonds. The standard InChI is InChI=1S/C24H30N4O4S/c1-18-5-10-22(19(2)16-18)33(31,32)27-14-12-26(13-15-27)17-23(29)25-20-6-8-21(9-7-20)28-11-3-4-24(28)30/h5-10,16H,3-4,11-15,17H2,1-2H3,(H,25,29).